The Kier molecular flexibility index (Phi) is 4.55. The summed E-state index contributed by atoms with van der Waals surface area (Å²) in [6.07, 6.45) is 2.08. The van der Waals surface area contributed by atoms with Gasteiger partial charge in [0, 0.05) is 23.9 Å². The summed E-state index contributed by atoms with van der Waals surface area (Å²) in [6.45, 7) is 0. The van der Waals surface area contributed by atoms with E-state index in [0.717, 1.165) is 18.4 Å². The van der Waals surface area contributed by atoms with Gasteiger partial charge in [-0.3, -0.25) is 9.52 Å². The Bertz CT molecular complexity index is 1120. The Labute approximate surface area is 161 Å². The summed E-state index contributed by atoms with van der Waals surface area (Å²) in [4.78, 5) is 11.7. The highest BCUT2D eigenvalue weighted by Gasteiger charge is 2.28. The van der Waals surface area contributed by atoms with Crippen LogP contribution in [-0.4, -0.2) is 41.6 Å². The van der Waals surface area contributed by atoms with E-state index in [1.54, 1.807) is 22.9 Å². The van der Waals surface area contributed by atoms with E-state index in [1.165, 1.54) is 31.3 Å². The Balaban J connectivity index is 1.58. The summed E-state index contributed by atoms with van der Waals surface area (Å²) in [6, 6.07) is 13.0. The minimum Gasteiger partial charge on any atom is -0.355 e. The average Bonchev–Trinajstić information content (AvgIpc) is 3.43. The van der Waals surface area contributed by atoms with Gasteiger partial charge in [0.2, 0.25) is 0 Å². The van der Waals surface area contributed by atoms with Crippen LogP contribution in [0.2, 0.25) is 0 Å². The highest BCUT2D eigenvalue weighted by Crippen LogP contribution is 2.36. The van der Waals surface area contributed by atoms with Crippen molar-refractivity contribution in [2.75, 3.05) is 11.8 Å². The van der Waals surface area contributed by atoms with E-state index < -0.39 is 10.0 Å². The molecule has 0 saturated heterocycles. The van der Waals surface area contributed by atoms with Gasteiger partial charge in [-0.1, -0.05) is 12.1 Å². The van der Waals surface area contributed by atoms with E-state index in [0.29, 0.717) is 23.1 Å². The van der Waals surface area contributed by atoms with Gasteiger partial charge in [-0.2, -0.15) is 0 Å². The van der Waals surface area contributed by atoms with E-state index in [4.69, 9.17) is 0 Å². The third kappa shape index (κ3) is 3.58. The third-order valence-corrected chi connectivity index (χ3v) is 5.81. The molecule has 0 atom stereocenters. The molecule has 28 heavy (non-hydrogen) atoms. The molecule has 0 aliphatic heterocycles. The fourth-order valence-corrected chi connectivity index (χ4v) is 3.86. The molecule has 2 aromatic carbocycles. The molecule has 10 heteroatoms. The zero-order chi connectivity index (χ0) is 19.7. The number of nitrogens with one attached hydrogen (secondary N) is 2. The van der Waals surface area contributed by atoms with Crippen LogP contribution in [0, 0.1) is 0 Å². The molecule has 1 aliphatic carbocycles. The molecule has 0 spiro atoms. The molecule has 0 bridgehead atoms. The number of tetrazole rings is 1. The van der Waals surface area contributed by atoms with Gasteiger partial charge in [0.05, 0.1) is 10.9 Å². The van der Waals surface area contributed by atoms with Crippen molar-refractivity contribution in [1.82, 2.24) is 25.5 Å². The number of hydrogen-bond acceptors (Lipinski definition) is 6. The molecule has 0 unspecified atom stereocenters. The quantitative estimate of drug-likeness (QED) is 0.654. The Morgan fingerprint density at radius 1 is 1.14 bits per heavy atom. The highest BCUT2D eigenvalue weighted by molar-refractivity contribution is 7.92. The van der Waals surface area contributed by atoms with Gasteiger partial charge < -0.3 is 5.32 Å². The minimum atomic E-state index is -3.80. The van der Waals surface area contributed by atoms with Crippen molar-refractivity contribution in [3.63, 3.8) is 0 Å². The molecule has 1 fully saturated rings. The molecule has 3 aromatic rings. The SMILES string of the molecule is CNC(=O)c1ccc(S(=O)(=O)Nc2cccc(-c3nnnn3C3CC3)c2)cc1. The van der Waals surface area contributed by atoms with Crippen LogP contribution in [0.1, 0.15) is 29.2 Å². The normalized spacial score (nSPS) is 13.9. The first-order chi connectivity index (χ1) is 13.5. The second-order valence-electron chi connectivity index (χ2n) is 6.47. The number of hydrogen-bond donors (Lipinski definition) is 2. The number of aromatic nitrogens is 4. The van der Waals surface area contributed by atoms with Crippen molar-refractivity contribution in [3.05, 3.63) is 54.1 Å². The van der Waals surface area contributed by atoms with Crippen molar-refractivity contribution in [2.24, 2.45) is 0 Å². The summed E-state index contributed by atoms with van der Waals surface area (Å²) in [5, 5.41) is 14.3. The lowest BCUT2D eigenvalue weighted by atomic mass is 10.2. The number of benzene rings is 2. The van der Waals surface area contributed by atoms with Crippen LogP contribution in [0.3, 0.4) is 0 Å². The van der Waals surface area contributed by atoms with Gasteiger partial charge in [-0.15, -0.1) is 5.10 Å². The first-order valence-electron chi connectivity index (χ1n) is 8.71. The highest BCUT2D eigenvalue weighted by atomic mass is 32.2. The number of sulfonamides is 1. The summed E-state index contributed by atoms with van der Waals surface area (Å²) in [7, 11) is -2.29. The lowest BCUT2D eigenvalue weighted by molar-refractivity contribution is 0.0963. The maximum atomic E-state index is 12.7. The lowest BCUT2D eigenvalue weighted by Crippen LogP contribution is -2.18. The number of nitrogens with zero attached hydrogens (tertiary/aromatic N) is 4. The van der Waals surface area contributed by atoms with Crippen molar-refractivity contribution in [3.8, 4) is 11.4 Å². The number of carbonyl (C=O) groups is 1. The second kappa shape index (κ2) is 7.04. The van der Waals surface area contributed by atoms with Crippen LogP contribution < -0.4 is 10.0 Å². The molecule has 0 radical (unpaired) electrons. The minimum absolute atomic E-state index is 0.0633. The largest absolute Gasteiger partial charge is 0.355 e. The van der Waals surface area contributed by atoms with Gasteiger partial charge >= 0.3 is 0 Å². The van der Waals surface area contributed by atoms with Crippen molar-refractivity contribution in [1.29, 1.82) is 0 Å². The number of amides is 1. The molecule has 2 N–H and O–H groups in total. The maximum Gasteiger partial charge on any atom is 0.261 e. The van der Waals surface area contributed by atoms with Gasteiger partial charge in [0.1, 0.15) is 0 Å². The van der Waals surface area contributed by atoms with E-state index in [-0.39, 0.29) is 10.8 Å². The third-order valence-electron chi connectivity index (χ3n) is 4.41. The average molecular weight is 398 g/mol. The van der Waals surface area contributed by atoms with E-state index in [9.17, 15) is 13.2 Å². The van der Waals surface area contributed by atoms with Crippen LogP contribution in [0.4, 0.5) is 5.69 Å². The van der Waals surface area contributed by atoms with E-state index in [1.807, 2.05) is 6.07 Å². The summed E-state index contributed by atoms with van der Waals surface area (Å²) >= 11 is 0. The van der Waals surface area contributed by atoms with Crippen molar-refractivity contribution in [2.45, 2.75) is 23.8 Å². The Morgan fingerprint density at radius 3 is 2.57 bits per heavy atom. The standard InChI is InChI=1S/C18H18N6O3S/c1-19-18(25)12-5-9-16(10-6-12)28(26,27)21-14-4-2-3-13(11-14)17-20-22-23-24(17)15-7-8-15/h2-6,9-11,15,21H,7-8H2,1H3,(H,19,25). The molecule has 1 saturated carbocycles. The van der Waals surface area contributed by atoms with Gasteiger partial charge in [-0.05, 0) is 59.7 Å². The molecular weight excluding hydrogens is 380 g/mol. The van der Waals surface area contributed by atoms with Gasteiger partial charge in [0.25, 0.3) is 15.9 Å². The van der Waals surface area contributed by atoms with Gasteiger partial charge in [0.15, 0.2) is 5.82 Å². The second-order valence-corrected chi connectivity index (χ2v) is 8.15. The first-order valence-corrected chi connectivity index (χ1v) is 10.2. The van der Waals surface area contributed by atoms with E-state index >= 15 is 0 Å². The van der Waals surface area contributed by atoms with Crippen LogP contribution in [0.25, 0.3) is 11.4 Å². The first kappa shape index (κ1) is 18.1. The van der Waals surface area contributed by atoms with Crippen LogP contribution in [0.15, 0.2) is 53.4 Å². The molecule has 1 aromatic heterocycles. The zero-order valence-electron chi connectivity index (χ0n) is 15.0. The zero-order valence-corrected chi connectivity index (χ0v) is 15.8. The monoisotopic (exact) mass is 398 g/mol. The number of rotatable bonds is 6. The smallest absolute Gasteiger partial charge is 0.261 e. The van der Waals surface area contributed by atoms with E-state index in [2.05, 4.69) is 25.6 Å². The molecule has 1 heterocycles. The Hall–Kier alpha value is -3.27. The van der Waals surface area contributed by atoms with Crippen LogP contribution in [-0.2, 0) is 10.0 Å². The summed E-state index contributed by atoms with van der Waals surface area (Å²) < 4.78 is 29.7. The Morgan fingerprint density at radius 2 is 1.89 bits per heavy atom. The molecular formula is C18H18N6O3S. The van der Waals surface area contributed by atoms with Gasteiger partial charge in [-0.25, -0.2) is 13.1 Å². The van der Waals surface area contributed by atoms with Crippen LogP contribution >= 0.6 is 0 Å². The molecule has 9 nitrogen and oxygen atoms in total. The molecule has 1 aliphatic rings. The van der Waals surface area contributed by atoms with Crippen molar-refractivity contribution >= 4 is 21.6 Å². The fourth-order valence-electron chi connectivity index (χ4n) is 2.81. The number of anilines is 1. The fraction of sp³-hybridized carbons (Fsp3) is 0.222. The maximum absolute atomic E-state index is 12.7. The summed E-state index contributed by atoms with van der Waals surface area (Å²) in [5.74, 6) is 0.330. The predicted octanol–water partition coefficient (Wildman–Crippen LogP) is 1.84. The van der Waals surface area contributed by atoms with Crippen molar-refractivity contribution < 1.29 is 13.2 Å². The summed E-state index contributed by atoms with van der Waals surface area (Å²) in [5.41, 5.74) is 1.51. The lowest BCUT2D eigenvalue weighted by Gasteiger charge is -2.10. The molecule has 1 amide bonds. The molecule has 144 valence electrons. The van der Waals surface area contributed by atoms with Crippen LogP contribution in [0.5, 0.6) is 0 Å². The number of carbonyl (C=O) groups excluding carboxylic acids is 1. The predicted molar refractivity (Wildman–Crippen MR) is 102 cm³/mol. The topological polar surface area (TPSA) is 119 Å². The molecule has 4 rings (SSSR count).